The van der Waals surface area contributed by atoms with E-state index >= 15 is 0 Å². The molecule has 2 heterocycles. The molecule has 0 saturated carbocycles. The molecule has 0 N–H and O–H groups in total. The number of aromatic nitrogens is 2. The van der Waals surface area contributed by atoms with Crippen molar-refractivity contribution in [2.75, 3.05) is 0 Å². The number of pyridine rings is 1. The van der Waals surface area contributed by atoms with E-state index in [0.29, 0.717) is 0 Å². The van der Waals surface area contributed by atoms with Crippen LogP contribution in [0, 0.1) is 6.92 Å². The van der Waals surface area contributed by atoms with Crippen molar-refractivity contribution in [1.29, 1.82) is 0 Å². The zero-order valence-electron chi connectivity index (χ0n) is 12.2. The molecule has 0 atom stereocenters. The van der Waals surface area contributed by atoms with Gasteiger partial charge in [0.05, 0.1) is 11.2 Å². The third-order valence-corrected chi connectivity index (χ3v) is 4.06. The first-order valence-electron chi connectivity index (χ1n) is 7.16. The third kappa shape index (κ3) is 1.76. The Labute approximate surface area is 123 Å². The fourth-order valence-electron chi connectivity index (χ4n) is 3.12. The summed E-state index contributed by atoms with van der Waals surface area (Å²) in [6, 6.07) is 21.1. The molecule has 2 nitrogen and oxygen atoms in total. The summed E-state index contributed by atoms with van der Waals surface area (Å²) in [7, 11) is 2.12. The molecule has 4 aromatic rings. The largest absolute Gasteiger partial charge is 0.342 e. The van der Waals surface area contributed by atoms with Crippen molar-refractivity contribution >= 4 is 21.8 Å². The van der Waals surface area contributed by atoms with Gasteiger partial charge in [0.2, 0.25) is 0 Å². The molecular formula is C19H16N2. The molecule has 0 aliphatic rings. The molecule has 0 unspecified atom stereocenters. The van der Waals surface area contributed by atoms with Gasteiger partial charge in [-0.05, 0) is 19.1 Å². The summed E-state index contributed by atoms with van der Waals surface area (Å²) in [5.74, 6) is 0. The molecule has 4 rings (SSSR count). The highest BCUT2D eigenvalue weighted by Gasteiger charge is 2.14. The Balaban J connectivity index is 2.22. The van der Waals surface area contributed by atoms with Crippen molar-refractivity contribution in [3.05, 3.63) is 66.4 Å². The van der Waals surface area contributed by atoms with E-state index in [-0.39, 0.29) is 0 Å². The van der Waals surface area contributed by atoms with E-state index in [2.05, 4.69) is 73.1 Å². The number of hydrogen-bond donors (Lipinski definition) is 0. The second kappa shape index (κ2) is 4.45. The second-order valence-corrected chi connectivity index (χ2v) is 5.45. The van der Waals surface area contributed by atoms with Crippen LogP contribution in [0.15, 0.2) is 60.7 Å². The van der Waals surface area contributed by atoms with Gasteiger partial charge in [-0.1, -0.05) is 48.5 Å². The van der Waals surface area contributed by atoms with Gasteiger partial charge in [0.15, 0.2) is 0 Å². The van der Waals surface area contributed by atoms with E-state index in [0.717, 1.165) is 17.0 Å². The molecule has 2 aromatic heterocycles. The van der Waals surface area contributed by atoms with E-state index < -0.39 is 0 Å². The smallest absolute Gasteiger partial charge is 0.0948 e. The Morgan fingerprint density at radius 1 is 0.857 bits per heavy atom. The fourth-order valence-corrected chi connectivity index (χ4v) is 3.12. The Kier molecular flexibility index (Phi) is 2.58. The Bertz CT molecular complexity index is 950. The van der Waals surface area contributed by atoms with Crippen molar-refractivity contribution in [2.24, 2.45) is 7.05 Å². The number of benzene rings is 2. The molecule has 0 aliphatic carbocycles. The van der Waals surface area contributed by atoms with Gasteiger partial charge in [-0.15, -0.1) is 0 Å². The average molecular weight is 272 g/mol. The molecule has 0 bridgehead atoms. The van der Waals surface area contributed by atoms with E-state index in [9.17, 15) is 0 Å². The molecule has 21 heavy (non-hydrogen) atoms. The molecule has 0 amide bonds. The Hall–Kier alpha value is -2.61. The average Bonchev–Trinajstić information content (AvgIpc) is 2.81. The number of hydrogen-bond acceptors (Lipinski definition) is 1. The van der Waals surface area contributed by atoms with Crippen LogP contribution in [0.25, 0.3) is 33.1 Å². The lowest BCUT2D eigenvalue weighted by molar-refractivity contribution is 1.01. The molecule has 2 heteroatoms. The van der Waals surface area contributed by atoms with Gasteiger partial charge in [0.25, 0.3) is 0 Å². The van der Waals surface area contributed by atoms with Gasteiger partial charge in [-0.2, -0.15) is 0 Å². The van der Waals surface area contributed by atoms with Gasteiger partial charge in [0, 0.05) is 34.6 Å². The van der Waals surface area contributed by atoms with E-state index in [1.165, 1.54) is 21.8 Å². The predicted octanol–water partition coefficient (Wildman–Crippen LogP) is 4.70. The number of para-hydroxylation sites is 1. The summed E-state index contributed by atoms with van der Waals surface area (Å²) in [4.78, 5) is 4.81. The summed E-state index contributed by atoms with van der Waals surface area (Å²) in [6.45, 7) is 2.06. The van der Waals surface area contributed by atoms with Crippen LogP contribution in [0.1, 0.15) is 5.69 Å². The monoisotopic (exact) mass is 272 g/mol. The zero-order chi connectivity index (χ0) is 14.4. The van der Waals surface area contributed by atoms with Crippen molar-refractivity contribution in [1.82, 2.24) is 9.55 Å². The minimum atomic E-state index is 1.05. The topological polar surface area (TPSA) is 17.8 Å². The van der Waals surface area contributed by atoms with Crippen LogP contribution in [-0.4, -0.2) is 9.55 Å². The molecule has 0 saturated heterocycles. The number of fused-ring (bicyclic) bond motifs is 3. The van der Waals surface area contributed by atoms with Crippen molar-refractivity contribution < 1.29 is 0 Å². The fraction of sp³-hybridized carbons (Fsp3) is 0.105. The van der Waals surface area contributed by atoms with E-state index in [1.807, 2.05) is 6.07 Å². The highest BCUT2D eigenvalue weighted by molar-refractivity contribution is 6.11. The van der Waals surface area contributed by atoms with Crippen LogP contribution in [0.2, 0.25) is 0 Å². The molecule has 102 valence electrons. The van der Waals surface area contributed by atoms with E-state index in [1.54, 1.807) is 0 Å². The molecular weight excluding hydrogens is 256 g/mol. The third-order valence-electron chi connectivity index (χ3n) is 4.06. The van der Waals surface area contributed by atoms with E-state index in [4.69, 9.17) is 4.98 Å². The first-order chi connectivity index (χ1) is 10.3. The number of aryl methyl sites for hydroxylation is 2. The van der Waals surface area contributed by atoms with Crippen LogP contribution in [0.3, 0.4) is 0 Å². The van der Waals surface area contributed by atoms with Gasteiger partial charge in [0.1, 0.15) is 0 Å². The summed E-state index contributed by atoms with van der Waals surface area (Å²) in [6.07, 6.45) is 0. The molecule has 2 aromatic carbocycles. The van der Waals surface area contributed by atoms with Gasteiger partial charge in [-0.25, -0.2) is 0 Å². The van der Waals surface area contributed by atoms with Gasteiger partial charge in [-0.3, -0.25) is 4.98 Å². The van der Waals surface area contributed by atoms with Gasteiger partial charge >= 0.3 is 0 Å². The second-order valence-electron chi connectivity index (χ2n) is 5.45. The summed E-state index contributed by atoms with van der Waals surface area (Å²) < 4.78 is 2.25. The van der Waals surface area contributed by atoms with Gasteiger partial charge < -0.3 is 4.57 Å². The maximum Gasteiger partial charge on any atom is 0.0948 e. The lowest BCUT2D eigenvalue weighted by atomic mass is 10.1. The van der Waals surface area contributed by atoms with Crippen LogP contribution in [0.4, 0.5) is 0 Å². The quantitative estimate of drug-likeness (QED) is 0.491. The zero-order valence-corrected chi connectivity index (χ0v) is 12.2. The SMILES string of the molecule is Cc1cc2c3ccccc3n(C)c2c(-c2ccccc2)n1. The normalized spacial score (nSPS) is 11.3. The number of rotatable bonds is 1. The van der Waals surface area contributed by atoms with Crippen LogP contribution in [-0.2, 0) is 7.05 Å². The van der Waals surface area contributed by atoms with Crippen molar-refractivity contribution in [3.63, 3.8) is 0 Å². The number of nitrogens with zero attached hydrogens (tertiary/aromatic N) is 2. The van der Waals surface area contributed by atoms with Crippen LogP contribution >= 0.6 is 0 Å². The summed E-state index contributed by atoms with van der Waals surface area (Å²) in [5.41, 5.74) is 5.73. The summed E-state index contributed by atoms with van der Waals surface area (Å²) in [5, 5.41) is 2.57. The predicted molar refractivity (Wildman–Crippen MR) is 88.4 cm³/mol. The van der Waals surface area contributed by atoms with Crippen molar-refractivity contribution in [3.8, 4) is 11.3 Å². The Morgan fingerprint density at radius 2 is 1.57 bits per heavy atom. The van der Waals surface area contributed by atoms with Crippen molar-refractivity contribution in [2.45, 2.75) is 6.92 Å². The molecule has 0 fully saturated rings. The Morgan fingerprint density at radius 3 is 2.38 bits per heavy atom. The first-order valence-corrected chi connectivity index (χ1v) is 7.16. The van der Waals surface area contributed by atoms with Crippen LogP contribution in [0.5, 0.6) is 0 Å². The standard InChI is InChI=1S/C19H16N2/c1-13-12-16-15-10-6-7-11-17(15)21(2)19(16)18(20-13)14-8-4-3-5-9-14/h3-12H,1-2H3. The summed E-state index contributed by atoms with van der Waals surface area (Å²) >= 11 is 0. The minimum absolute atomic E-state index is 1.05. The molecule has 0 aliphatic heterocycles. The molecule has 0 radical (unpaired) electrons. The maximum atomic E-state index is 4.81. The highest BCUT2D eigenvalue weighted by Crippen LogP contribution is 2.34. The highest BCUT2D eigenvalue weighted by atomic mass is 15.0. The van der Waals surface area contributed by atoms with Crippen LogP contribution < -0.4 is 0 Å². The lowest BCUT2D eigenvalue weighted by Crippen LogP contribution is -1.94. The molecule has 0 spiro atoms. The lowest BCUT2D eigenvalue weighted by Gasteiger charge is -2.07. The minimum Gasteiger partial charge on any atom is -0.342 e. The maximum absolute atomic E-state index is 4.81. The first kappa shape index (κ1) is 12.2.